The van der Waals surface area contributed by atoms with Crippen LogP contribution in [0.25, 0.3) is 22.4 Å². The van der Waals surface area contributed by atoms with Gasteiger partial charge in [0.1, 0.15) is 11.3 Å². The molecule has 0 aliphatic carbocycles. The van der Waals surface area contributed by atoms with Crippen LogP contribution in [0.15, 0.2) is 12.1 Å². The van der Waals surface area contributed by atoms with E-state index in [1.54, 1.807) is 0 Å². The summed E-state index contributed by atoms with van der Waals surface area (Å²) in [6.45, 7) is 15.9. The molecule has 3 aromatic rings. The standard InChI is InChI=1S/C24H34N6O/c1-7-18(8-2)30-24-22(17(6)28-30)27-21(16(5)25-24)19-9-10-20(15(3)4)26-23(19)29-11-13-31-14-12-29/h9-10,15,18H,7-8,11-14H2,1-6H3. The van der Waals surface area contributed by atoms with Gasteiger partial charge in [0.25, 0.3) is 0 Å². The van der Waals surface area contributed by atoms with E-state index < -0.39 is 0 Å². The summed E-state index contributed by atoms with van der Waals surface area (Å²) in [5.74, 6) is 1.35. The van der Waals surface area contributed by atoms with Crippen molar-refractivity contribution in [3.8, 4) is 11.3 Å². The molecule has 0 bridgehead atoms. The van der Waals surface area contributed by atoms with Gasteiger partial charge in [-0.05, 0) is 44.7 Å². The number of ether oxygens (including phenoxy) is 1. The minimum absolute atomic E-state index is 0.339. The fourth-order valence-corrected chi connectivity index (χ4v) is 4.30. The van der Waals surface area contributed by atoms with Crippen LogP contribution in [-0.4, -0.2) is 51.0 Å². The molecule has 7 nitrogen and oxygen atoms in total. The van der Waals surface area contributed by atoms with Gasteiger partial charge >= 0.3 is 0 Å². The fourth-order valence-electron chi connectivity index (χ4n) is 4.30. The van der Waals surface area contributed by atoms with E-state index >= 15 is 0 Å². The molecule has 0 unspecified atom stereocenters. The van der Waals surface area contributed by atoms with Gasteiger partial charge < -0.3 is 9.64 Å². The van der Waals surface area contributed by atoms with Gasteiger partial charge in [0, 0.05) is 24.3 Å². The number of hydrogen-bond acceptors (Lipinski definition) is 6. The highest BCUT2D eigenvalue weighted by atomic mass is 16.5. The highest BCUT2D eigenvalue weighted by Gasteiger charge is 2.23. The predicted octanol–water partition coefficient (Wildman–Crippen LogP) is 4.83. The fraction of sp³-hybridized carbons (Fsp3) is 0.583. The first kappa shape index (κ1) is 21.7. The largest absolute Gasteiger partial charge is 0.378 e. The van der Waals surface area contributed by atoms with Crippen LogP contribution in [0.1, 0.15) is 69.6 Å². The number of aryl methyl sites for hydroxylation is 2. The SMILES string of the molecule is CCC(CC)n1nc(C)c2nc(-c3ccc(C(C)C)nc3N3CCOCC3)c(C)nc21. The molecule has 0 atom stereocenters. The van der Waals surface area contributed by atoms with Crippen LogP contribution in [0.4, 0.5) is 5.82 Å². The summed E-state index contributed by atoms with van der Waals surface area (Å²) < 4.78 is 7.65. The molecule has 0 spiro atoms. The average Bonchev–Trinajstić information content (AvgIpc) is 3.09. The molecule has 4 heterocycles. The van der Waals surface area contributed by atoms with Crippen molar-refractivity contribution in [3.05, 3.63) is 29.2 Å². The number of anilines is 1. The lowest BCUT2D eigenvalue weighted by Gasteiger charge is -2.30. The van der Waals surface area contributed by atoms with Crippen LogP contribution >= 0.6 is 0 Å². The maximum atomic E-state index is 5.58. The van der Waals surface area contributed by atoms with Crippen LogP contribution < -0.4 is 4.90 Å². The molecule has 1 fully saturated rings. The Bertz CT molecular complexity index is 1060. The number of nitrogens with zero attached hydrogens (tertiary/aromatic N) is 6. The molecule has 31 heavy (non-hydrogen) atoms. The van der Waals surface area contributed by atoms with Crippen LogP contribution in [0.2, 0.25) is 0 Å². The van der Waals surface area contributed by atoms with Crippen molar-refractivity contribution in [1.29, 1.82) is 0 Å². The van der Waals surface area contributed by atoms with E-state index in [0.717, 1.165) is 84.5 Å². The first-order chi connectivity index (χ1) is 14.9. The normalized spacial score (nSPS) is 14.9. The number of morpholine rings is 1. The summed E-state index contributed by atoms with van der Waals surface area (Å²) in [6, 6.07) is 4.62. The number of aromatic nitrogens is 5. The molecule has 3 aromatic heterocycles. The van der Waals surface area contributed by atoms with Gasteiger partial charge in [-0.2, -0.15) is 5.10 Å². The number of hydrogen-bond donors (Lipinski definition) is 0. The van der Waals surface area contributed by atoms with E-state index in [-0.39, 0.29) is 0 Å². The Morgan fingerprint density at radius 1 is 0.968 bits per heavy atom. The van der Waals surface area contributed by atoms with Crippen molar-refractivity contribution in [2.45, 2.75) is 66.3 Å². The van der Waals surface area contributed by atoms with Crippen molar-refractivity contribution >= 4 is 17.0 Å². The van der Waals surface area contributed by atoms with E-state index in [0.29, 0.717) is 12.0 Å². The van der Waals surface area contributed by atoms with Crippen molar-refractivity contribution < 1.29 is 4.74 Å². The molecule has 7 heteroatoms. The molecule has 0 saturated carbocycles. The third-order valence-electron chi connectivity index (χ3n) is 6.21. The van der Waals surface area contributed by atoms with Gasteiger partial charge in [-0.25, -0.2) is 19.6 Å². The summed E-state index contributed by atoms with van der Waals surface area (Å²) in [5, 5.41) is 4.81. The Kier molecular flexibility index (Phi) is 6.23. The van der Waals surface area contributed by atoms with Crippen LogP contribution in [0, 0.1) is 13.8 Å². The maximum Gasteiger partial charge on any atom is 0.177 e. The van der Waals surface area contributed by atoms with Crippen molar-refractivity contribution in [2.24, 2.45) is 0 Å². The summed E-state index contributed by atoms with van der Waals surface area (Å²) >= 11 is 0. The Balaban J connectivity index is 1.88. The number of pyridine rings is 1. The van der Waals surface area contributed by atoms with Gasteiger partial charge in [0.15, 0.2) is 5.65 Å². The lowest BCUT2D eigenvalue weighted by Crippen LogP contribution is -2.37. The van der Waals surface area contributed by atoms with Gasteiger partial charge in [0.05, 0.1) is 36.3 Å². The minimum atomic E-state index is 0.339. The number of fused-ring (bicyclic) bond motifs is 1. The van der Waals surface area contributed by atoms with E-state index in [1.165, 1.54) is 0 Å². The first-order valence-electron chi connectivity index (χ1n) is 11.5. The van der Waals surface area contributed by atoms with E-state index in [4.69, 9.17) is 24.8 Å². The zero-order valence-electron chi connectivity index (χ0n) is 19.6. The summed E-state index contributed by atoms with van der Waals surface area (Å²) in [5.41, 5.74) is 6.62. The molecule has 4 rings (SSSR count). The maximum absolute atomic E-state index is 5.58. The van der Waals surface area contributed by atoms with Gasteiger partial charge in [0.2, 0.25) is 0 Å². The van der Waals surface area contributed by atoms with Crippen molar-refractivity contribution in [3.63, 3.8) is 0 Å². The molecule has 1 saturated heterocycles. The van der Waals surface area contributed by atoms with Gasteiger partial charge in [-0.15, -0.1) is 0 Å². The van der Waals surface area contributed by atoms with Crippen LogP contribution in [-0.2, 0) is 4.74 Å². The Hall–Kier alpha value is -2.54. The molecular formula is C24H34N6O. The Labute approximate surface area is 184 Å². The quantitative estimate of drug-likeness (QED) is 0.567. The molecule has 1 aliphatic rings. The highest BCUT2D eigenvalue weighted by molar-refractivity contribution is 5.82. The summed E-state index contributed by atoms with van der Waals surface area (Å²) in [7, 11) is 0. The zero-order chi connectivity index (χ0) is 22.1. The lowest BCUT2D eigenvalue weighted by atomic mass is 10.1. The summed E-state index contributed by atoms with van der Waals surface area (Å²) in [6.07, 6.45) is 2.05. The van der Waals surface area contributed by atoms with Gasteiger partial charge in [-0.1, -0.05) is 27.7 Å². The van der Waals surface area contributed by atoms with E-state index in [9.17, 15) is 0 Å². The lowest BCUT2D eigenvalue weighted by molar-refractivity contribution is 0.122. The molecule has 166 valence electrons. The van der Waals surface area contributed by atoms with E-state index in [1.807, 2.05) is 13.8 Å². The molecule has 0 aromatic carbocycles. The second kappa shape index (κ2) is 8.91. The smallest absolute Gasteiger partial charge is 0.177 e. The Morgan fingerprint density at radius 3 is 2.32 bits per heavy atom. The Morgan fingerprint density at radius 2 is 1.68 bits per heavy atom. The van der Waals surface area contributed by atoms with Crippen molar-refractivity contribution in [2.75, 3.05) is 31.2 Å². The third-order valence-corrected chi connectivity index (χ3v) is 6.21. The second-order valence-electron chi connectivity index (χ2n) is 8.69. The minimum Gasteiger partial charge on any atom is -0.378 e. The summed E-state index contributed by atoms with van der Waals surface area (Å²) in [4.78, 5) is 17.5. The topological polar surface area (TPSA) is 69.0 Å². The molecular weight excluding hydrogens is 388 g/mol. The molecule has 0 amide bonds. The monoisotopic (exact) mass is 422 g/mol. The second-order valence-corrected chi connectivity index (χ2v) is 8.69. The molecule has 0 N–H and O–H groups in total. The third kappa shape index (κ3) is 4.03. The number of rotatable bonds is 6. The van der Waals surface area contributed by atoms with E-state index in [2.05, 4.69) is 49.4 Å². The first-order valence-corrected chi connectivity index (χ1v) is 11.5. The van der Waals surface area contributed by atoms with Crippen LogP contribution in [0.5, 0.6) is 0 Å². The molecule has 0 radical (unpaired) electrons. The average molecular weight is 423 g/mol. The van der Waals surface area contributed by atoms with Crippen molar-refractivity contribution in [1.82, 2.24) is 24.7 Å². The van der Waals surface area contributed by atoms with Gasteiger partial charge in [-0.3, -0.25) is 0 Å². The zero-order valence-corrected chi connectivity index (χ0v) is 19.6. The molecule has 1 aliphatic heterocycles. The van der Waals surface area contributed by atoms with Crippen LogP contribution in [0.3, 0.4) is 0 Å². The predicted molar refractivity (Wildman–Crippen MR) is 125 cm³/mol. The highest BCUT2D eigenvalue weighted by Crippen LogP contribution is 2.34.